The molecule has 1 aromatic carbocycles. The van der Waals surface area contributed by atoms with E-state index in [0.717, 1.165) is 38.2 Å². The lowest BCUT2D eigenvalue weighted by Crippen LogP contribution is -2.41. The quantitative estimate of drug-likeness (QED) is 0.716. The van der Waals surface area contributed by atoms with Crippen molar-refractivity contribution < 1.29 is 9.53 Å². The SMILES string of the molecule is COCCCNC(=O)C1CCN(c2ccc(=O)n(-c3cccc(Cl)c3)n2)CC1. The maximum Gasteiger partial charge on any atom is 0.271 e. The molecule has 1 amide bonds. The molecule has 1 saturated heterocycles. The number of methoxy groups -OCH3 is 1. The fraction of sp³-hybridized carbons (Fsp3) is 0.450. The molecule has 1 aliphatic rings. The number of nitrogens with one attached hydrogen (secondary N) is 1. The number of aromatic nitrogens is 2. The molecule has 0 radical (unpaired) electrons. The van der Waals surface area contributed by atoms with Crippen LogP contribution in [0.25, 0.3) is 5.69 Å². The van der Waals surface area contributed by atoms with Crippen LogP contribution in [-0.2, 0) is 9.53 Å². The number of benzene rings is 1. The van der Waals surface area contributed by atoms with Crippen LogP contribution in [0.2, 0.25) is 5.02 Å². The van der Waals surface area contributed by atoms with Gasteiger partial charge < -0.3 is 15.0 Å². The first-order valence-corrected chi connectivity index (χ1v) is 9.84. The van der Waals surface area contributed by atoms with E-state index in [0.29, 0.717) is 23.9 Å². The summed E-state index contributed by atoms with van der Waals surface area (Å²) in [6.45, 7) is 2.72. The van der Waals surface area contributed by atoms with Gasteiger partial charge in [0.15, 0.2) is 0 Å². The van der Waals surface area contributed by atoms with E-state index >= 15 is 0 Å². The summed E-state index contributed by atoms with van der Waals surface area (Å²) in [5, 5.41) is 8.03. The molecule has 2 heterocycles. The van der Waals surface area contributed by atoms with Gasteiger partial charge in [0, 0.05) is 50.4 Å². The van der Waals surface area contributed by atoms with Crippen LogP contribution in [0.4, 0.5) is 5.82 Å². The molecule has 1 N–H and O–H groups in total. The lowest BCUT2D eigenvalue weighted by molar-refractivity contribution is -0.125. The number of piperidine rings is 1. The maximum absolute atomic E-state index is 12.3. The summed E-state index contributed by atoms with van der Waals surface area (Å²) in [5.41, 5.74) is 0.418. The Bertz CT molecular complexity index is 863. The minimum absolute atomic E-state index is 0.0117. The second-order valence-electron chi connectivity index (χ2n) is 6.82. The molecule has 1 aliphatic heterocycles. The first-order valence-electron chi connectivity index (χ1n) is 9.46. The highest BCUT2D eigenvalue weighted by Crippen LogP contribution is 2.22. The summed E-state index contributed by atoms with van der Waals surface area (Å²) in [6, 6.07) is 10.3. The van der Waals surface area contributed by atoms with E-state index < -0.39 is 0 Å². The molecule has 8 heteroatoms. The molecule has 2 aromatic rings. The molecular formula is C20H25ClN4O3. The van der Waals surface area contributed by atoms with E-state index in [-0.39, 0.29) is 17.4 Å². The summed E-state index contributed by atoms with van der Waals surface area (Å²) < 4.78 is 6.35. The number of halogens is 1. The topological polar surface area (TPSA) is 76.5 Å². The smallest absolute Gasteiger partial charge is 0.271 e. The molecule has 0 aliphatic carbocycles. The largest absolute Gasteiger partial charge is 0.385 e. The Kier molecular flexibility index (Phi) is 7.06. The van der Waals surface area contributed by atoms with Crippen LogP contribution in [0.1, 0.15) is 19.3 Å². The van der Waals surface area contributed by atoms with Gasteiger partial charge in [0.1, 0.15) is 5.82 Å². The highest BCUT2D eigenvalue weighted by atomic mass is 35.5. The average Bonchev–Trinajstić information content (AvgIpc) is 2.71. The number of carbonyl (C=O) groups excluding carboxylic acids is 1. The van der Waals surface area contributed by atoms with Gasteiger partial charge in [-0.15, -0.1) is 5.10 Å². The first-order chi connectivity index (χ1) is 13.6. The fourth-order valence-corrected chi connectivity index (χ4v) is 3.49. The van der Waals surface area contributed by atoms with Crippen molar-refractivity contribution in [3.05, 3.63) is 51.8 Å². The third kappa shape index (κ3) is 5.11. The Labute approximate surface area is 169 Å². The zero-order chi connectivity index (χ0) is 19.9. The number of amides is 1. The Balaban J connectivity index is 1.62. The molecule has 150 valence electrons. The van der Waals surface area contributed by atoms with Crippen molar-refractivity contribution in [2.24, 2.45) is 5.92 Å². The molecule has 0 bridgehead atoms. The van der Waals surface area contributed by atoms with E-state index in [1.807, 2.05) is 0 Å². The van der Waals surface area contributed by atoms with E-state index in [2.05, 4.69) is 15.3 Å². The molecule has 0 unspecified atom stereocenters. The molecule has 7 nitrogen and oxygen atoms in total. The molecule has 0 spiro atoms. The molecule has 1 fully saturated rings. The van der Waals surface area contributed by atoms with Crippen molar-refractivity contribution in [2.45, 2.75) is 19.3 Å². The van der Waals surface area contributed by atoms with Gasteiger partial charge in [-0.05, 0) is 43.5 Å². The number of hydrogen-bond donors (Lipinski definition) is 1. The van der Waals surface area contributed by atoms with Gasteiger partial charge in [-0.1, -0.05) is 17.7 Å². The monoisotopic (exact) mass is 404 g/mol. The minimum atomic E-state index is -0.212. The summed E-state index contributed by atoms with van der Waals surface area (Å²) in [7, 11) is 1.65. The van der Waals surface area contributed by atoms with Crippen molar-refractivity contribution in [3.63, 3.8) is 0 Å². The summed E-state index contributed by atoms with van der Waals surface area (Å²) in [5.74, 6) is 0.837. The number of ether oxygens (including phenoxy) is 1. The number of hydrogen-bond acceptors (Lipinski definition) is 5. The third-order valence-electron chi connectivity index (χ3n) is 4.85. The standard InChI is InChI=1S/C20H25ClN4O3/c1-28-13-3-10-22-20(27)15-8-11-24(12-9-15)18-6-7-19(26)25(23-18)17-5-2-4-16(21)14-17/h2,4-7,14-15H,3,8-13H2,1H3,(H,22,27). The van der Waals surface area contributed by atoms with E-state index in [9.17, 15) is 9.59 Å². The van der Waals surface area contributed by atoms with Crippen molar-refractivity contribution in [2.75, 3.05) is 38.3 Å². The molecule has 28 heavy (non-hydrogen) atoms. The minimum Gasteiger partial charge on any atom is -0.385 e. The average molecular weight is 405 g/mol. The van der Waals surface area contributed by atoms with Crippen LogP contribution in [0.15, 0.2) is 41.2 Å². The maximum atomic E-state index is 12.3. The van der Waals surface area contributed by atoms with Crippen LogP contribution >= 0.6 is 11.6 Å². The Hall–Kier alpha value is -2.38. The van der Waals surface area contributed by atoms with Crippen molar-refractivity contribution in [3.8, 4) is 5.69 Å². The van der Waals surface area contributed by atoms with E-state index in [1.165, 1.54) is 10.7 Å². The Morgan fingerprint density at radius 2 is 2.07 bits per heavy atom. The number of nitrogens with zero attached hydrogens (tertiary/aromatic N) is 3. The Morgan fingerprint density at radius 1 is 1.29 bits per heavy atom. The third-order valence-corrected chi connectivity index (χ3v) is 5.09. The van der Waals surface area contributed by atoms with Gasteiger partial charge in [-0.2, -0.15) is 4.68 Å². The van der Waals surface area contributed by atoms with Crippen molar-refractivity contribution >= 4 is 23.3 Å². The predicted octanol–water partition coefficient (Wildman–Crippen LogP) is 2.25. The fourth-order valence-electron chi connectivity index (χ4n) is 3.31. The lowest BCUT2D eigenvalue weighted by Gasteiger charge is -2.32. The number of anilines is 1. The normalized spacial score (nSPS) is 14.9. The molecule has 0 saturated carbocycles. The second-order valence-corrected chi connectivity index (χ2v) is 7.26. The molecule has 0 atom stereocenters. The van der Waals surface area contributed by atoms with Gasteiger partial charge in [0.2, 0.25) is 5.91 Å². The van der Waals surface area contributed by atoms with Crippen LogP contribution in [-0.4, -0.2) is 49.0 Å². The molecule has 3 rings (SSSR count). The van der Waals surface area contributed by atoms with Crippen LogP contribution in [0.3, 0.4) is 0 Å². The van der Waals surface area contributed by atoms with Gasteiger partial charge in [0.05, 0.1) is 5.69 Å². The summed E-state index contributed by atoms with van der Waals surface area (Å²) in [6.07, 6.45) is 2.33. The molecule has 1 aromatic heterocycles. The predicted molar refractivity (Wildman–Crippen MR) is 109 cm³/mol. The van der Waals surface area contributed by atoms with Crippen LogP contribution in [0.5, 0.6) is 0 Å². The van der Waals surface area contributed by atoms with Gasteiger partial charge in [-0.3, -0.25) is 9.59 Å². The molecular weight excluding hydrogens is 380 g/mol. The van der Waals surface area contributed by atoms with Crippen molar-refractivity contribution in [1.29, 1.82) is 0 Å². The first kappa shape index (κ1) is 20.4. The van der Waals surface area contributed by atoms with E-state index in [4.69, 9.17) is 16.3 Å². The number of carbonyl (C=O) groups is 1. The van der Waals surface area contributed by atoms with Crippen LogP contribution < -0.4 is 15.8 Å². The van der Waals surface area contributed by atoms with E-state index in [1.54, 1.807) is 37.4 Å². The number of rotatable bonds is 7. The van der Waals surface area contributed by atoms with Gasteiger partial charge in [-0.25, -0.2) is 0 Å². The Morgan fingerprint density at radius 3 is 2.79 bits per heavy atom. The van der Waals surface area contributed by atoms with Gasteiger partial charge in [0.25, 0.3) is 5.56 Å². The lowest BCUT2D eigenvalue weighted by atomic mass is 9.96. The van der Waals surface area contributed by atoms with Gasteiger partial charge >= 0.3 is 0 Å². The van der Waals surface area contributed by atoms with Crippen molar-refractivity contribution in [1.82, 2.24) is 15.1 Å². The highest BCUT2D eigenvalue weighted by Gasteiger charge is 2.25. The zero-order valence-electron chi connectivity index (χ0n) is 15.9. The second kappa shape index (κ2) is 9.71. The summed E-state index contributed by atoms with van der Waals surface area (Å²) in [4.78, 5) is 26.6. The zero-order valence-corrected chi connectivity index (χ0v) is 16.7. The summed E-state index contributed by atoms with van der Waals surface area (Å²) >= 11 is 6.04. The highest BCUT2D eigenvalue weighted by molar-refractivity contribution is 6.30. The van der Waals surface area contributed by atoms with Crippen LogP contribution in [0, 0.1) is 5.92 Å².